The molecule has 1 atom stereocenters. The van der Waals surface area contributed by atoms with Crippen molar-refractivity contribution in [3.63, 3.8) is 0 Å². The Morgan fingerprint density at radius 3 is 3.11 bits per heavy atom. The van der Waals surface area contributed by atoms with E-state index in [1.807, 2.05) is 41.9 Å². The van der Waals surface area contributed by atoms with Crippen molar-refractivity contribution in [2.24, 2.45) is 5.92 Å². The summed E-state index contributed by atoms with van der Waals surface area (Å²) >= 11 is 0. The lowest BCUT2D eigenvalue weighted by atomic mass is 10.1. The molecule has 2 N–H and O–H groups in total. The van der Waals surface area contributed by atoms with Gasteiger partial charge in [0.05, 0.1) is 12.1 Å². The van der Waals surface area contributed by atoms with E-state index in [9.17, 15) is 4.79 Å². The highest BCUT2D eigenvalue weighted by atomic mass is 16.3. The zero-order valence-corrected chi connectivity index (χ0v) is 11.0. The van der Waals surface area contributed by atoms with E-state index in [4.69, 9.17) is 5.11 Å². The van der Waals surface area contributed by atoms with Gasteiger partial charge in [0, 0.05) is 25.5 Å². The third-order valence-electron chi connectivity index (χ3n) is 3.03. The monoisotopic (exact) mass is 261 g/mol. The van der Waals surface area contributed by atoms with Crippen LogP contribution in [0.15, 0.2) is 30.6 Å². The molecule has 1 amide bonds. The van der Waals surface area contributed by atoms with Gasteiger partial charge < -0.3 is 14.8 Å². The molecule has 5 nitrogen and oxygen atoms in total. The van der Waals surface area contributed by atoms with Crippen molar-refractivity contribution < 1.29 is 9.90 Å². The van der Waals surface area contributed by atoms with Crippen LogP contribution >= 0.6 is 0 Å². The van der Waals surface area contributed by atoms with Gasteiger partial charge in [-0.3, -0.25) is 4.79 Å². The number of amides is 1. The van der Waals surface area contributed by atoms with Crippen LogP contribution in [0.25, 0.3) is 5.65 Å². The lowest BCUT2D eigenvalue weighted by Gasteiger charge is -2.10. The van der Waals surface area contributed by atoms with E-state index in [0.29, 0.717) is 13.0 Å². The van der Waals surface area contributed by atoms with E-state index in [0.717, 1.165) is 11.3 Å². The maximum atomic E-state index is 11.8. The fourth-order valence-corrected chi connectivity index (χ4v) is 1.91. The minimum atomic E-state index is -0.0341. The third-order valence-corrected chi connectivity index (χ3v) is 3.03. The first kappa shape index (κ1) is 13.5. The molecule has 0 fully saturated rings. The van der Waals surface area contributed by atoms with Crippen LogP contribution in [-0.2, 0) is 11.2 Å². The summed E-state index contributed by atoms with van der Waals surface area (Å²) in [6.45, 7) is 2.75. The average molecular weight is 261 g/mol. The molecule has 0 aliphatic heterocycles. The lowest BCUT2D eigenvalue weighted by Crippen LogP contribution is -2.30. The van der Waals surface area contributed by atoms with E-state index < -0.39 is 0 Å². The average Bonchev–Trinajstić information content (AvgIpc) is 2.78. The fourth-order valence-electron chi connectivity index (χ4n) is 1.91. The summed E-state index contributed by atoms with van der Waals surface area (Å²) in [6, 6.07) is 5.75. The quantitative estimate of drug-likeness (QED) is 0.815. The summed E-state index contributed by atoms with van der Waals surface area (Å²) in [4.78, 5) is 16.2. The summed E-state index contributed by atoms with van der Waals surface area (Å²) in [5, 5.41) is 11.7. The van der Waals surface area contributed by atoms with Gasteiger partial charge in [0.1, 0.15) is 5.65 Å². The number of imidazole rings is 1. The van der Waals surface area contributed by atoms with Gasteiger partial charge in [0.15, 0.2) is 0 Å². The number of rotatable bonds is 6. The summed E-state index contributed by atoms with van der Waals surface area (Å²) in [7, 11) is 0. The Morgan fingerprint density at radius 2 is 2.37 bits per heavy atom. The number of aromatic nitrogens is 2. The maximum absolute atomic E-state index is 11.8. The van der Waals surface area contributed by atoms with E-state index >= 15 is 0 Å². The van der Waals surface area contributed by atoms with Gasteiger partial charge >= 0.3 is 0 Å². The molecule has 0 aromatic carbocycles. The molecular weight excluding hydrogens is 242 g/mol. The highest BCUT2D eigenvalue weighted by Gasteiger charge is 2.08. The second-order valence-corrected chi connectivity index (χ2v) is 4.80. The van der Waals surface area contributed by atoms with Crippen molar-refractivity contribution in [2.75, 3.05) is 13.2 Å². The maximum Gasteiger partial charge on any atom is 0.226 e. The second kappa shape index (κ2) is 6.33. The van der Waals surface area contributed by atoms with Crippen molar-refractivity contribution in [1.82, 2.24) is 14.7 Å². The molecule has 0 bridgehead atoms. The Morgan fingerprint density at radius 1 is 1.53 bits per heavy atom. The number of carbonyl (C=O) groups is 1. The van der Waals surface area contributed by atoms with Crippen molar-refractivity contribution in [1.29, 1.82) is 0 Å². The molecule has 19 heavy (non-hydrogen) atoms. The van der Waals surface area contributed by atoms with Gasteiger partial charge in [-0.2, -0.15) is 0 Å². The van der Waals surface area contributed by atoms with Crippen LogP contribution in [0.3, 0.4) is 0 Å². The van der Waals surface area contributed by atoms with Crippen LogP contribution in [0.2, 0.25) is 0 Å². The number of pyridine rings is 1. The Hall–Kier alpha value is -1.88. The number of nitrogens with one attached hydrogen (secondary N) is 1. The highest BCUT2D eigenvalue weighted by molar-refractivity contribution is 5.78. The molecule has 102 valence electrons. The van der Waals surface area contributed by atoms with E-state index in [1.54, 1.807) is 0 Å². The zero-order chi connectivity index (χ0) is 13.7. The minimum Gasteiger partial charge on any atom is -0.396 e. The smallest absolute Gasteiger partial charge is 0.226 e. The minimum absolute atomic E-state index is 0.0341. The number of hydrogen-bond donors (Lipinski definition) is 2. The highest BCUT2D eigenvalue weighted by Crippen LogP contribution is 2.05. The normalized spacial score (nSPS) is 12.5. The number of nitrogens with zero attached hydrogens (tertiary/aromatic N) is 2. The van der Waals surface area contributed by atoms with Gasteiger partial charge in [-0.1, -0.05) is 13.0 Å². The van der Waals surface area contributed by atoms with Gasteiger partial charge in [0.25, 0.3) is 0 Å². The SMILES string of the molecule is CC(CCO)CNC(=O)Cc1cn2ccccc2n1. The lowest BCUT2D eigenvalue weighted by molar-refractivity contribution is -0.120. The Balaban J connectivity index is 1.88. The van der Waals surface area contributed by atoms with E-state index in [2.05, 4.69) is 10.3 Å². The molecule has 0 saturated heterocycles. The van der Waals surface area contributed by atoms with E-state index in [1.165, 1.54) is 0 Å². The van der Waals surface area contributed by atoms with Crippen LogP contribution in [0, 0.1) is 5.92 Å². The van der Waals surface area contributed by atoms with Gasteiger partial charge in [-0.25, -0.2) is 4.98 Å². The predicted octanol–water partition coefficient (Wildman–Crippen LogP) is 1.01. The van der Waals surface area contributed by atoms with Crippen LogP contribution in [-0.4, -0.2) is 33.6 Å². The summed E-state index contributed by atoms with van der Waals surface area (Å²) in [6.07, 6.45) is 4.77. The molecular formula is C14H19N3O2. The predicted molar refractivity (Wildman–Crippen MR) is 72.8 cm³/mol. The van der Waals surface area contributed by atoms with Gasteiger partial charge in [0.2, 0.25) is 5.91 Å². The summed E-state index contributed by atoms with van der Waals surface area (Å²) in [5.74, 6) is 0.253. The van der Waals surface area contributed by atoms with Crippen molar-refractivity contribution in [3.05, 3.63) is 36.3 Å². The van der Waals surface area contributed by atoms with Crippen LogP contribution in [0.5, 0.6) is 0 Å². The number of aliphatic hydroxyl groups excluding tert-OH is 1. The van der Waals surface area contributed by atoms with Crippen molar-refractivity contribution in [3.8, 4) is 0 Å². The zero-order valence-electron chi connectivity index (χ0n) is 11.0. The number of carbonyl (C=O) groups excluding carboxylic acids is 1. The molecule has 2 aromatic rings. The van der Waals surface area contributed by atoms with Crippen molar-refractivity contribution >= 4 is 11.6 Å². The number of hydrogen-bond acceptors (Lipinski definition) is 3. The Kier molecular flexibility index (Phi) is 4.52. The van der Waals surface area contributed by atoms with Crippen LogP contribution < -0.4 is 5.32 Å². The topological polar surface area (TPSA) is 66.6 Å². The third kappa shape index (κ3) is 3.79. The van der Waals surface area contributed by atoms with Crippen LogP contribution in [0.1, 0.15) is 19.0 Å². The Bertz CT molecular complexity index is 517. The van der Waals surface area contributed by atoms with Crippen molar-refractivity contribution in [2.45, 2.75) is 19.8 Å². The molecule has 2 aromatic heterocycles. The van der Waals surface area contributed by atoms with Gasteiger partial charge in [-0.15, -0.1) is 0 Å². The molecule has 5 heteroatoms. The number of aliphatic hydroxyl groups is 1. The van der Waals surface area contributed by atoms with Crippen LogP contribution in [0.4, 0.5) is 0 Å². The molecule has 0 saturated carbocycles. The molecule has 0 spiro atoms. The fraction of sp³-hybridized carbons (Fsp3) is 0.429. The Labute approximate surface area is 112 Å². The molecule has 1 unspecified atom stereocenters. The second-order valence-electron chi connectivity index (χ2n) is 4.80. The standard InChI is InChI=1S/C14H19N3O2/c1-11(5-7-18)9-15-14(19)8-12-10-17-6-3-2-4-13(17)16-12/h2-4,6,10-11,18H,5,7-9H2,1H3,(H,15,19). The van der Waals surface area contributed by atoms with E-state index in [-0.39, 0.29) is 24.9 Å². The van der Waals surface area contributed by atoms with Gasteiger partial charge in [-0.05, 0) is 24.5 Å². The first-order valence-corrected chi connectivity index (χ1v) is 6.49. The summed E-state index contributed by atoms with van der Waals surface area (Å²) in [5.41, 5.74) is 1.61. The molecule has 2 rings (SSSR count). The molecule has 0 aliphatic rings. The summed E-state index contributed by atoms with van der Waals surface area (Å²) < 4.78 is 1.90. The number of fused-ring (bicyclic) bond motifs is 1. The molecule has 0 aliphatic carbocycles. The first-order chi connectivity index (χ1) is 9.19. The first-order valence-electron chi connectivity index (χ1n) is 6.49. The molecule has 0 radical (unpaired) electrons. The largest absolute Gasteiger partial charge is 0.396 e. The molecule has 2 heterocycles.